The van der Waals surface area contributed by atoms with Gasteiger partial charge < -0.3 is 10.6 Å². The minimum atomic E-state index is -0.478. The van der Waals surface area contributed by atoms with Crippen LogP contribution in [0.5, 0.6) is 0 Å². The van der Waals surface area contributed by atoms with E-state index in [0.29, 0.717) is 10.6 Å². The summed E-state index contributed by atoms with van der Waals surface area (Å²) >= 11 is 5.72. The van der Waals surface area contributed by atoms with Gasteiger partial charge >= 0.3 is 0 Å². The maximum atomic E-state index is 13.9. The number of nitrogens with one attached hydrogen (secondary N) is 2. The number of halogens is 2. The van der Waals surface area contributed by atoms with E-state index in [2.05, 4.69) is 10.6 Å². The molecule has 0 spiro atoms. The van der Waals surface area contributed by atoms with Crippen LogP contribution in [0.4, 0.5) is 4.39 Å². The molecule has 20 heavy (non-hydrogen) atoms. The first kappa shape index (κ1) is 16.4. The summed E-state index contributed by atoms with van der Waals surface area (Å²) in [6, 6.07) is 3.87. The van der Waals surface area contributed by atoms with Gasteiger partial charge in [-0.2, -0.15) is 0 Å². The van der Waals surface area contributed by atoms with E-state index >= 15 is 0 Å². The van der Waals surface area contributed by atoms with Gasteiger partial charge in [-0.1, -0.05) is 31.5 Å². The molecule has 0 aliphatic rings. The second kappa shape index (κ2) is 7.24. The van der Waals surface area contributed by atoms with Crippen molar-refractivity contribution in [2.45, 2.75) is 26.8 Å². The fourth-order valence-corrected chi connectivity index (χ4v) is 1.95. The first-order valence-electron chi connectivity index (χ1n) is 6.30. The highest BCUT2D eigenvalue weighted by atomic mass is 35.5. The van der Waals surface area contributed by atoms with Crippen molar-refractivity contribution in [1.82, 2.24) is 10.6 Å². The number of rotatable bonds is 5. The van der Waals surface area contributed by atoms with E-state index in [0.717, 1.165) is 0 Å². The van der Waals surface area contributed by atoms with Crippen LogP contribution >= 0.6 is 11.6 Å². The lowest BCUT2D eigenvalue weighted by Crippen LogP contribution is -2.39. The van der Waals surface area contributed by atoms with Crippen molar-refractivity contribution in [2.24, 2.45) is 5.92 Å². The molecule has 0 aromatic heterocycles. The number of benzene rings is 1. The summed E-state index contributed by atoms with van der Waals surface area (Å²) in [6.07, 6.45) is 0. The number of amides is 2. The number of carbonyl (C=O) groups excluding carboxylic acids is 2. The molecule has 0 heterocycles. The van der Waals surface area contributed by atoms with E-state index in [-0.39, 0.29) is 24.3 Å². The third-order valence-corrected chi connectivity index (χ3v) is 3.01. The fourth-order valence-electron chi connectivity index (χ4n) is 1.79. The van der Waals surface area contributed by atoms with Crippen LogP contribution in [0.2, 0.25) is 5.02 Å². The molecule has 0 radical (unpaired) electrons. The lowest BCUT2D eigenvalue weighted by molar-refractivity contribution is -0.125. The summed E-state index contributed by atoms with van der Waals surface area (Å²) in [6.45, 7) is 4.94. The molecule has 1 aromatic rings. The Bertz CT molecular complexity index is 506. The third kappa shape index (κ3) is 4.81. The van der Waals surface area contributed by atoms with Crippen LogP contribution in [-0.2, 0) is 9.59 Å². The van der Waals surface area contributed by atoms with Crippen LogP contribution < -0.4 is 10.6 Å². The summed E-state index contributed by atoms with van der Waals surface area (Å²) in [5.41, 5.74) is 0.376. The van der Waals surface area contributed by atoms with Crippen molar-refractivity contribution in [3.8, 4) is 0 Å². The minimum Gasteiger partial charge on any atom is -0.347 e. The van der Waals surface area contributed by atoms with E-state index in [4.69, 9.17) is 11.6 Å². The van der Waals surface area contributed by atoms with Crippen molar-refractivity contribution in [3.63, 3.8) is 0 Å². The molecule has 0 aliphatic heterocycles. The summed E-state index contributed by atoms with van der Waals surface area (Å²) in [4.78, 5) is 22.5. The molecule has 6 heteroatoms. The summed E-state index contributed by atoms with van der Waals surface area (Å²) in [5, 5.41) is 5.41. The SMILES string of the molecule is CC(=O)NCC(=O)N[C@H](c1ccc(Cl)cc1F)C(C)C. The second-order valence-corrected chi connectivity index (χ2v) is 5.30. The molecule has 0 saturated heterocycles. The van der Waals surface area contributed by atoms with Gasteiger partial charge in [0.25, 0.3) is 0 Å². The van der Waals surface area contributed by atoms with Crippen LogP contribution in [0.25, 0.3) is 0 Å². The van der Waals surface area contributed by atoms with Gasteiger partial charge in [0.1, 0.15) is 5.82 Å². The smallest absolute Gasteiger partial charge is 0.239 e. The minimum absolute atomic E-state index is 0.00745. The van der Waals surface area contributed by atoms with Crippen molar-refractivity contribution >= 4 is 23.4 Å². The van der Waals surface area contributed by atoms with E-state index in [9.17, 15) is 14.0 Å². The number of hydrogen-bond acceptors (Lipinski definition) is 2. The van der Waals surface area contributed by atoms with Gasteiger partial charge in [0.15, 0.2) is 0 Å². The first-order chi connectivity index (χ1) is 9.31. The predicted octanol–water partition coefficient (Wildman–Crippen LogP) is 2.43. The first-order valence-corrected chi connectivity index (χ1v) is 6.67. The molecule has 0 fully saturated rings. The average Bonchev–Trinajstić information content (AvgIpc) is 2.34. The highest BCUT2D eigenvalue weighted by Crippen LogP contribution is 2.26. The van der Waals surface area contributed by atoms with E-state index < -0.39 is 11.9 Å². The number of hydrogen-bond donors (Lipinski definition) is 2. The summed E-state index contributed by atoms with van der Waals surface area (Å²) < 4.78 is 13.9. The Morgan fingerprint density at radius 2 is 2.00 bits per heavy atom. The Balaban J connectivity index is 2.84. The molecule has 0 unspecified atom stereocenters. The molecule has 2 N–H and O–H groups in total. The van der Waals surface area contributed by atoms with Gasteiger partial charge in [-0.25, -0.2) is 4.39 Å². The number of carbonyl (C=O) groups is 2. The normalized spacial score (nSPS) is 12.1. The van der Waals surface area contributed by atoms with Crippen LogP contribution in [0, 0.1) is 11.7 Å². The molecule has 110 valence electrons. The van der Waals surface area contributed by atoms with Gasteiger partial charge in [-0.3, -0.25) is 9.59 Å². The van der Waals surface area contributed by atoms with Crippen molar-refractivity contribution in [2.75, 3.05) is 6.54 Å². The van der Waals surface area contributed by atoms with Gasteiger partial charge in [0.2, 0.25) is 11.8 Å². The largest absolute Gasteiger partial charge is 0.347 e. The predicted molar refractivity (Wildman–Crippen MR) is 75.8 cm³/mol. The van der Waals surface area contributed by atoms with E-state index in [1.165, 1.54) is 13.0 Å². The topological polar surface area (TPSA) is 58.2 Å². The van der Waals surface area contributed by atoms with Crippen LogP contribution in [-0.4, -0.2) is 18.4 Å². The zero-order valence-corrected chi connectivity index (χ0v) is 12.4. The quantitative estimate of drug-likeness (QED) is 0.877. The molecule has 1 aromatic carbocycles. The Kier molecular flexibility index (Phi) is 5.95. The molecular formula is C14H18ClFN2O2. The van der Waals surface area contributed by atoms with Gasteiger partial charge in [-0.15, -0.1) is 0 Å². The highest BCUT2D eigenvalue weighted by molar-refractivity contribution is 6.30. The molecule has 0 bridgehead atoms. The van der Waals surface area contributed by atoms with Crippen LogP contribution in [0.15, 0.2) is 18.2 Å². The Morgan fingerprint density at radius 3 is 2.50 bits per heavy atom. The van der Waals surface area contributed by atoms with E-state index in [1.54, 1.807) is 12.1 Å². The van der Waals surface area contributed by atoms with Crippen molar-refractivity contribution in [3.05, 3.63) is 34.6 Å². The Labute approximate surface area is 122 Å². The lowest BCUT2D eigenvalue weighted by atomic mass is 9.95. The summed E-state index contributed by atoms with van der Waals surface area (Å²) in [7, 11) is 0. The molecule has 4 nitrogen and oxygen atoms in total. The zero-order chi connectivity index (χ0) is 15.3. The molecule has 2 amide bonds. The monoisotopic (exact) mass is 300 g/mol. The van der Waals surface area contributed by atoms with Gasteiger partial charge in [0, 0.05) is 17.5 Å². The van der Waals surface area contributed by atoms with Crippen molar-refractivity contribution < 1.29 is 14.0 Å². The Hall–Kier alpha value is -1.62. The second-order valence-electron chi connectivity index (χ2n) is 4.86. The molecule has 1 rings (SSSR count). The maximum absolute atomic E-state index is 13.9. The van der Waals surface area contributed by atoms with Crippen LogP contribution in [0.1, 0.15) is 32.4 Å². The molecule has 0 aliphatic carbocycles. The Morgan fingerprint density at radius 1 is 1.35 bits per heavy atom. The summed E-state index contributed by atoms with van der Waals surface area (Å²) in [5.74, 6) is -1.13. The standard InChI is InChI=1S/C14H18ClFN2O2/c1-8(2)14(18-13(20)7-17-9(3)19)11-5-4-10(15)6-12(11)16/h4-6,8,14H,7H2,1-3H3,(H,17,19)(H,18,20)/t14-/m0/s1. The van der Waals surface area contributed by atoms with Crippen molar-refractivity contribution in [1.29, 1.82) is 0 Å². The fraction of sp³-hybridized carbons (Fsp3) is 0.429. The maximum Gasteiger partial charge on any atom is 0.239 e. The van der Waals surface area contributed by atoms with Crippen LogP contribution in [0.3, 0.4) is 0 Å². The molecular weight excluding hydrogens is 283 g/mol. The van der Waals surface area contributed by atoms with Gasteiger partial charge in [-0.05, 0) is 18.1 Å². The highest BCUT2D eigenvalue weighted by Gasteiger charge is 2.21. The molecule has 0 saturated carbocycles. The lowest BCUT2D eigenvalue weighted by Gasteiger charge is -2.23. The molecule has 1 atom stereocenters. The van der Waals surface area contributed by atoms with E-state index in [1.807, 2.05) is 13.8 Å². The average molecular weight is 301 g/mol. The zero-order valence-electron chi connectivity index (χ0n) is 11.7. The van der Waals surface area contributed by atoms with Gasteiger partial charge in [0.05, 0.1) is 12.6 Å². The third-order valence-electron chi connectivity index (χ3n) is 2.78.